The minimum absolute atomic E-state index is 0.0901. The first-order valence-corrected chi connectivity index (χ1v) is 6.98. The number of carbonyl (C=O) groups is 1. The SMILES string of the molecule is CC(C)N(CCC#N)CCC(=O)Nc1cccc(C#N)c1. The summed E-state index contributed by atoms with van der Waals surface area (Å²) < 4.78 is 0. The van der Waals surface area contributed by atoms with Gasteiger partial charge < -0.3 is 5.32 Å². The number of carbonyl (C=O) groups excluding carboxylic acids is 1. The molecule has 1 N–H and O–H groups in total. The van der Waals surface area contributed by atoms with E-state index in [1.54, 1.807) is 24.3 Å². The molecule has 1 aromatic rings. The molecule has 1 rings (SSSR count). The predicted molar refractivity (Wildman–Crippen MR) is 81.3 cm³/mol. The van der Waals surface area contributed by atoms with Crippen LogP contribution >= 0.6 is 0 Å². The van der Waals surface area contributed by atoms with E-state index >= 15 is 0 Å². The fraction of sp³-hybridized carbons (Fsp3) is 0.438. The minimum atomic E-state index is -0.0901. The van der Waals surface area contributed by atoms with E-state index in [9.17, 15) is 4.79 Å². The van der Waals surface area contributed by atoms with Crippen molar-refractivity contribution < 1.29 is 4.79 Å². The zero-order valence-electron chi connectivity index (χ0n) is 12.5. The van der Waals surface area contributed by atoms with Gasteiger partial charge in [0.2, 0.25) is 5.91 Å². The number of nitrogens with one attached hydrogen (secondary N) is 1. The Labute approximate surface area is 125 Å². The zero-order chi connectivity index (χ0) is 15.7. The second kappa shape index (κ2) is 8.73. The van der Waals surface area contributed by atoms with Crippen LogP contribution in [0.25, 0.3) is 0 Å². The molecule has 0 heterocycles. The summed E-state index contributed by atoms with van der Waals surface area (Å²) in [6, 6.07) is 11.3. The van der Waals surface area contributed by atoms with Crippen LogP contribution in [0, 0.1) is 22.7 Å². The summed E-state index contributed by atoms with van der Waals surface area (Å²) >= 11 is 0. The average molecular weight is 284 g/mol. The number of amides is 1. The van der Waals surface area contributed by atoms with Crippen LogP contribution < -0.4 is 5.32 Å². The molecule has 0 aliphatic rings. The summed E-state index contributed by atoms with van der Waals surface area (Å²) in [5.41, 5.74) is 1.15. The van der Waals surface area contributed by atoms with Crippen LogP contribution in [0.4, 0.5) is 5.69 Å². The van der Waals surface area contributed by atoms with E-state index in [1.807, 2.05) is 19.9 Å². The fourth-order valence-corrected chi connectivity index (χ4v) is 1.96. The van der Waals surface area contributed by atoms with Gasteiger partial charge >= 0.3 is 0 Å². The van der Waals surface area contributed by atoms with E-state index in [2.05, 4.69) is 16.3 Å². The second-order valence-corrected chi connectivity index (χ2v) is 5.03. The van der Waals surface area contributed by atoms with E-state index in [1.165, 1.54) is 0 Å². The Hall–Kier alpha value is -2.37. The lowest BCUT2D eigenvalue weighted by Gasteiger charge is -2.25. The average Bonchev–Trinajstić information content (AvgIpc) is 2.47. The largest absolute Gasteiger partial charge is 0.326 e. The summed E-state index contributed by atoms with van der Waals surface area (Å²) in [6.07, 6.45) is 0.824. The third-order valence-corrected chi connectivity index (χ3v) is 3.14. The topological polar surface area (TPSA) is 79.9 Å². The van der Waals surface area contributed by atoms with Crippen LogP contribution in [-0.2, 0) is 4.79 Å². The maximum Gasteiger partial charge on any atom is 0.225 e. The molecule has 0 aliphatic heterocycles. The van der Waals surface area contributed by atoms with Gasteiger partial charge in [-0.2, -0.15) is 10.5 Å². The van der Waals surface area contributed by atoms with Crippen molar-refractivity contribution in [2.45, 2.75) is 32.7 Å². The van der Waals surface area contributed by atoms with Crippen LogP contribution in [-0.4, -0.2) is 29.9 Å². The van der Waals surface area contributed by atoms with E-state index in [4.69, 9.17) is 10.5 Å². The molecule has 0 atom stereocenters. The molecule has 110 valence electrons. The molecule has 0 saturated heterocycles. The number of nitrogens with zero attached hydrogens (tertiary/aromatic N) is 3. The molecule has 0 fully saturated rings. The maximum absolute atomic E-state index is 11.9. The first kappa shape index (κ1) is 16.7. The van der Waals surface area contributed by atoms with Gasteiger partial charge in [-0.25, -0.2) is 0 Å². The van der Waals surface area contributed by atoms with Crippen molar-refractivity contribution >= 4 is 11.6 Å². The van der Waals surface area contributed by atoms with E-state index in [-0.39, 0.29) is 5.91 Å². The second-order valence-electron chi connectivity index (χ2n) is 5.03. The first-order chi connectivity index (χ1) is 10.1. The summed E-state index contributed by atoms with van der Waals surface area (Å²) in [4.78, 5) is 14.0. The van der Waals surface area contributed by atoms with Crippen LogP contribution in [0.2, 0.25) is 0 Å². The van der Waals surface area contributed by atoms with Gasteiger partial charge in [0.05, 0.1) is 17.7 Å². The molecular formula is C16H20N4O. The Morgan fingerprint density at radius 1 is 1.33 bits per heavy atom. The van der Waals surface area contributed by atoms with Crippen molar-refractivity contribution in [1.29, 1.82) is 10.5 Å². The molecule has 0 aromatic heterocycles. The zero-order valence-corrected chi connectivity index (χ0v) is 12.5. The van der Waals surface area contributed by atoms with Crippen molar-refractivity contribution in [3.63, 3.8) is 0 Å². The monoisotopic (exact) mass is 284 g/mol. The quantitative estimate of drug-likeness (QED) is 0.834. The van der Waals surface area contributed by atoms with Gasteiger partial charge in [0.1, 0.15) is 0 Å². The number of rotatable bonds is 7. The molecule has 0 aliphatic carbocycles. The van der Waals surface area contributed by atoms with Gasteiger partial charge in [0.25, 0.3) is 0 Å². The lowest BCUT2D eigenvalue weighted by molar-refractivity contribution is -0.116. The standard InChI is InChI=1S/C16H20N4O/c1-13(2)20(9-4-8-17)10-7-16(21)19-15-6-3-5-14(11-15)12-18/h3,5-6,11,13H,4,7,9-10H2,1-2H3,(H,19,21). The minimum Gasteiger partial charge on any atom is -0.326 e. The Morgan fingerprint density at radius 2 is 2.10 bits per heavy atom. The highest BCUT2D eigenvalue weighted by Crippen LogP contribution is 2.10. The lowest BCUT2D eigenvalue weighted by atomic mass is 10.2. The highest BCUT2D eigenvalue weighted by Gasteiger charge is 2.11. The third kappa shape index (κ3) is 6.07. The molecule has 1 aromatic carbocycles. The normalized spacial score (nSPS) is 10.2. The molecule has 0 saturated carbocycles. The number of anilines is 1. The molecule has 21 heavy (non-hydrogen) atoms. The van der Waals surface area contributed by atoms with Gasteiger partial charge in [-0.15, -0.1) is 0 Å². The van der Waals surface area contributed by atoms with Crippen molar-refractivity contribution in [3.05, 3.63) is 29.8 Å². The highest BCUT2D eigenvalue weighted by atomic mass is 16.1. The lowest BCUT2D eigenvalue weighted by Crippen LogP contribution is -2.34. The van der Waals surface area contributed by atoms with Gasteiger partial charge in [0.15, 0.2) is 0 Å². The summed E-state index contributed by atoms with van der Waals surface area (Å²) in [5.74, 6) is -0.0901. The van der Waals surface area contributed by atoms with Gasteiger partial charge in [-0.1, -0.05) is 6.07 Å². The number of hydrogen-bond acceptors (Lipinski definition) is 4. The van der Waals surface area contributed by atoms with E-state index < -0.39 is 0 Å². The molecule has 1 amide bonds. The maximum atomic E-state index is 11.9. The number of nitriles is 2. The Morgan fingerprint density at radius 3 is 2.71 bits per heavy atom. The first-order valence-electron chi connectivity index (χ1n) is 6.98. The summed E-state index contributed by atoms with van der Waals surface area (Å²) in [6.45, 7) is 5.38. The summed E-state index contributed by atoms with van der Waals surface area (Å²) in [5, 5.41) is 20.2. The van der Waals surface area contributed by atoms with E-state index in [0.717, 1.165) is 0 Å². The molecule has 0 radical (unpaired) electrons. The van der Waals surface area contributed by atoms with Crippen LogP contribution in [0.1, 0.15) is 32.3 Å². The molecule has 0 spiro atoms. The van der Waals surface area contributed by atoms with Crippen LogP contribution in [0.3, 0.4) is 0 Å². The molecule has 5 heteroatoms. The Bertz CT molecular complexity index is 554. The van der Waals surface area contributed by atoms with Crippen molar-refractivity contribution in [1.82, 2.24) is 4.90 Å². The van der Waals surface area contributed by atoms with Crippen LogP contribution in [0.5, 0.6) is 0 Å². The van der Waals surface area contributed by atoms with Crippen molar-refractivity contribution in [2.75, 3.05) is 18.4 Å². The van der Waals surface area contributed by atoms with Crippen molar-refractivity contribution in [2.24, 2.45) is 0 Å². The van der Waals surface area contributed by atoms with E-state index in [0.29, 0.717) is 43.2 Å². The molecule has 0 bridgehead atoms. The number of hydrogen-bond donors (Lipinski definition) is 1. The third-order valence-electron chi connectivity index (χ3n) is 3.14. The Kier molecular flexibility index (Phi) is 6.94. The van der Waals surface area contributed by atoms with Gasteiger partial charge in [0, 0.05) is 37.7 Å². The molecule has 0 unspecified atom stereocenters. The van der Waals surface area contributed by atoms with Crippen LogP contribution in [0.15, 0.2) is 24.3 Å². The molecule has 5 nitrogen and oxygen atoms in total. The number of benzene rings is 1. The molecular weight excluding hydrogens is 264 g/mol. The highest BCUT2D eigenvalue weighted by molar-refractivity contribution is 5.90. The van der Waals surface area contributed by atoms with Gasteiger partial charge in [-0.3, -0.25) is 9.69 Å². The van der Waals surface area contributed by atoms with Crippen molar-refractivity contribution in [3.8, 4) is 12.1 Å². The summed E-state index contributed by atoms with van der Waals surface area (Å²) in [7, 11) is 0. The van der Waals surface area contributed by atoms with Gasteiger partial charge in [-0.05, 0) is 32.0 Å². The smallest absolute Gasteiger partial charge is 0.225 e. The predicted octanol–water partition coefficient (Wildman–Crippen LogP) is 2.51. The Balaban J connectivity index is 2.49. The fourth-order valence-electron chi connectivity index (χ4n) is 1.96.